The van der Waals surface area contributed by atoms with E-state index >= 15 is 0 Å². The average molecular weight is 282 g/mol. The molecule has 0 saturated heterocycles. The van der Waals surface area contributed by atoms with Crippen molar-refractivity contribution in [1.29, 1.82) is 0 Å². The largest absolute Gasteiger partial charge is 0.508 e. The molecule has 2 rings (SSSR count). The summed E-state index contributed by atoms with van der Waals surface area (Å²) in [5.74, 6) is -3.10. The predicted molar refractivity (Wildman–Crippen MR) is 70.5 cm³/mol. The van der Waals surface area contributed by atoms with Crippen molar-refractivity contribution in [3.63, 3.8) is 0 Å². The molecule has 1 aliphatic rings. The molecule has 6 heteroatoms. The minimum Gasteiger partial charge on any atom is -0.508 e. The lowest BCUT2D eigenvalue weighted by atomic mass is 9.79. The molecular weight excluding hydrogens is 264 g/mol. The van der Waals surface area contributed by atoms with Gasteiger partial charge in [-0.1, -0.05) is 18.9 Å². The number of hydrogen-bond acceptors (Lipinski definition) is 4. The van der Waals surface area contributed by atoms with E-state index < -0.39 is 23.8 Å². The number of aromatic hydroxyl groups is 2. The number of benzene rings is 1. The SMILES string of the molecule is O=C(O)C1CCCCC1C(=O)O.Oc1cccc(O)c1. The zero-order valence-corrected chi connectivity index (χ0v) is 10.9. The smallest absolute Gasteiger partial charge is 0.307 e. The third-order valence-corrected chi connectivity index (χ3v) is 3.23. The van der Waals surface area contributed by atoms with E-state index in [9.17, 15) is 9.59 Å². The molecule has 1 saturated carbocycles. The summed E-state index contributed by atoms with van der Waals surface area (Å²) in [7, 11) is 0. The lowest BCUT2D eigenvalue weighted by Crippen LogP contribution is -2.32. The van der Waals surface area contributed by atoms with Crippen molar-refractivity contribution >= 4 is 11.9 Å². The molecule has 0 aliphatic heterocycles. The molecule has 1 aromatic rings. The number of hydrogen-bond donors (Lipinski definition) is 4. The summed E-state index contributed by atoms with van der Waals surface area (Å²) >= 11 is 0. The van der Waals surface area contributed by atoms with Gasteiger partial charge < -0.3 is 20.4 Å². The Kier molecular flexibility index (Phi) is 5.83. The molecule has 2 unspecified atom stereocenters. The number of phenols is 2. The Labute approximate surface area is 116 Å². The summed E-state index contributed by atoms with van der Waals surface area (Å²) < 4.78 is 0. The van der Waals surface area contributed by atoms with Crippen molar-refractivity contribution in [2.45, 2.75) is 25.7 Å². The first kappa shape index (κ1) is 15.8. The van der Waals surface area contributed by atoms with Gasteiger partial charge in [0, 0.05) is 6.07 Å². The zero-order valence-electron chi connectivity index (χ0n) is 10.9. The van der Waals surface area contributed by atoms with Crippen LogP contribution in [0.2, 0.25) is 0 Å². The Morgan fingerprint density at radius 1 is 0.900 bits per heavy atom. The maximum atomic E-state index is 10.6. The van der Waals surface area contributed by atoms with Crippen LogP contribution < -0.4 is 0 Å². The van der Waals surface area contributed by atoms with Crippen LogP contribution in [-0.2, 0) is 9.59 Å². The fraction of sp³-hybridized carbons (Fsp3) is 0.429. The van der Waals surface area contributed by atoms with E-state index in [0.29, 0.717) is 12.8 Å². The topological polar surface area (TPSA) is 115 Å². The van der Waals surface area contributed by atoms with E-state index in [0.717, 1.165) is 12.8 Å². The fourth-order valence-electron chi connectivity index (χ4n) is 2.22. The van der Waals surface area contributed by atoms with Crippen LogP contribution in [-0.4, -0.2) is 32.4 Å². The van der Waals surface area contributed by atoms with E-state index in [2.05, 4.69) is 0 Å². The molecule has 1 aliphatic carbocycles. The van der Waals surface area contributed by atoms with Gasteiger partial charge in [-0.15, -0.1) is 0 Å². The first-order valence-electron chi connectivity index (χ1n) is 6.35. The van der Waals surface area contributed by atoms with E-state index in [1.54, 1.807) is 6.07 Å². The Morgan fingerprint density at radius 3 is 1.55 bits per heavy atom. The zero-order chi connectivity index (χ0) is 15.1. The molecule has 0 amide bonds. The van der Waals surface area contributed by atoms with Crippen molar-refractivity contribution in [2.75, 3.05) is 0 Å². The van der Waals surface area contributed by atoms with Crippen LogP contribution in [0, 0.1) is 11.8 Å². The minimum absolute atomic E-state index is 0.0880. The van der Waals surface area contributed by atoms with Crippen molar-refractivity contribution in [2.24, 2.45) is 11.8 Å². The van der Waals surface area contributed by atoms with Crippen LogP contribution in [0.4, 0.5) is 0 Å². The highest BCUT2D eigenvalue weighted by Crippen LogP contribution is 2.30. The first-order valence-corrected chi connectivity index (χ1v) is 6.35. The van der Waals surface area contributed by atoms with Gasteiger partial charge in [-0.25, -0.2) is 0 Å². The Bertz CT molecular complexity index is 431. The van der Waals surface area contributed by atoms with Crippen LogP contribution in [0.15, 0.2) is 24.3 Å². The summed E-state index contributed by atoms with van der Waals surface area (Å²) in [6, 6.07) is 5.85. The van der Waals surface area contributed by atoms with Crippen molar-refractivity contribution in [3.8, 4) is 11.5 Å². The van der Waals surface area contributed by atoms with Crippen molar-refractivity contribution < 1.29 is 30.0 Å². The molecule has 2 atom stereocenters. The highest BCUT2D eigenvalue weighted by Gasteiger charge is 2.35. The number of rotatable bonds is 2. The maximum Gasteiger partial charge on any atom is 0.307 e. The molecule has 0 bridgehead atoms. The van der Waals surface area contributed by atoms with Gasteiger partial charge >= 0.3 is 11.9 Å². The second kappa shape index (κ2) is 7.37. The molecule has 4 N–H and O–H groups in total. The lowest BCUT2D eigenvalue weighted by molar-refractivity contribution is -0.155. The van der Waals surface area contributed by atoms with Gasteiger partial charge in [0.1, 0.15) is 11.5 Å². The van der Waals surface area contributed by atoms with E-state index in [-0.39, 0.29) is 11.5 Å². The Balaban J connectivity index is 0.000000217. The van der Waals surface area contributed by atoms with Gasteiger partial charge in [0.25, 0.3) is 0 Å². The lowest BCUT2D eigenvalue weighted by Gasteiger charge is -2.24. The highest BCUT2D eigenvalue weighted by molar-refractivity contribution is 5.80. The standard InChI is InChI=1S/C8H12O4.C6H6O2/c9-7(10)5-3-1-2-4-6(5)8(11)12;7-5-2-1-3-6(8)4-5/h5-6H,1-4H2,(H,9,10)(H,11,12);1-4,7-8H. The first-order chi connectivity index (χ1) is 9.41. The number of carboxylic acids is 2. The number of carbonyl (C=O) groups is 2. The van der Waals surface area contributed by atoms with Crippen LogP contribution in [0.5, 0.6) is 11.5 Å². The van der Waals surface area contributed by atoms with Gasteiger partial charge in [0.15, 0.2) is 0 Å². The van der Waals surface area contributed by atoms with Crippen LogP contribution in [0.25, 0.3) is 0 Å². The van der Waals surface area contributed by atoms with E-state index in [1.165, 1.54) is 18.2 Å². The van der Waals surface area contributed by atoms with E-state index in [4.69, 9.17) is 20.4 Å². The summed E-state index contributed by atoms with van der Waals surface area (Å²) in [6.07, 6.45) is 2.68. The van der Waals surface area contributed by atoms with Crippen LogP contribution in [0.3, 0.4) is 0 Å². The number of aliphatic carboxylic acids is 2. The minimum atomic E-state index is -0.970. The average Bonchev–Trinajstić information content (AvgIpc) is 2.39. The molecule has 0 aromatic heterocycles. The van der Waals surface area contributed by atoms with Crippen molar-refractivity contribution in [3.05, 3.63) is 24.3 Å². The number of phenolic OH excluding ortho intramolecular Hbond substituents is 2. The molecule has 0 heterocycles. The highest BCUT2D eigenvalue weighted by atomic mass is 16.4. The van der Waals surface area contributed by atoms with E-state index in [1.807, 2.05) is 0 Å². The monoisotopic (exact) mass is 282 g/mol. The second-order valence-electron chi connectivity index (χ2n) is 4.69. The molecule has 1 fully saturated rings. The van der Waals surface area contributed by atoms with Gasteiger partial charge in [0.05, 0.1) is 11.8 Å². The Hall–Kier alpha value is -2.24. The van der Waals surface area contributed by atoms with Crippen LogP contribution >= 0.6 is 0 Å². The molecular formula is C14H18O6. The molecule has 0 radical (unpaired) electrons. The fourth-order valence-corrected chi connectivity index (χ4v) is 2.22. The van der Waals surface area contributed by atoms with Crippen LogP contribution in [0.1, 0.15) is 25.7 Å². The Morgan fingerprint density at radius 2 is 1.30 bits per heavy atom. The second-order valence-corrected chi connectivity index (χ2v) is 4.69. The third kappa shape index (κ3) is 4.79. The summed E-state index contributed by atoms with van der Waals surface area (Å²) in [5.41, 5.74) is 0. The maximum absolute atomic E-state index is 10.6. The predicted octanol–water partition coefficient (Wildman–Crippen LogP) is 2.06. The molecule has 110 valence electrons. The van der Waals surface area contributed by atoms with Gasteiger partial charge in [-0.05, 0) is 25.0 Å². The molecule has 6 nitrogen and oxygen atoms in total. The molecule has 20 heavy (non-hydrogen) atoms. The van der Waals surface area contributed by atoms with Gasteiger partial charge in [-0.2, -0.15) is 0 Å². The normalized spacial score (nSPS) is 21.4. The summed E-state index contributed by atoms with van der Waals surface area (Å²) in [5, 5.41) is 34.7. The molecule has 1 aromatic carbocycles. The quantitative estimate of drug-likeness (QED) is 0.660. The number of carboxylic acid groups (broad SMARTS) is 2. The summed E-state index contributed by atoms with van der Waals surface area (Å²) in [4.78, 5) is 21.2. The summed E-state index contributed by atoms with van der Waals surface area (Å²) in [6.45, 7) is 0. The van der Waals surface area contributed by atoms with Gasteiger partial charge in [-0.3, -0.25) is 9.59 Å². The van der Waals surface area contributed by atoms with Gasteiger partial charge in [0.2, 0.25) is 0 Å². The van der Waals surface area contributed by atoms with Crippen molar-refractivity contribution in [1.82, 2.24) is 0 Å². The third-order valence-electron chi connectivity index (χ3n) is 3.23. The molecule has 0 spiro atoms.